The normalized spacial score (nSPS) is 12.5. The molecule has 0 bridgehead atoms. The van der Waals surface area contributed by atoms with Crippen LogP contribution in [-0.2, 0) is 0 Å². The molecule has 4 heteroatoms. The van der Waals surface area contributed by atoms with Crippen LogP contribution in [0, 0.1) is 11.6 Å². The van der Waals surface area contributed by atoms with Crippen molar-refractivity contribution in [2.45, 2.75) is 19.9 Å². The Hall–Kier alpha value is -1.29. The van der Waals surface area contributed by atoms with E-state index in [2.05, 4.69) is 5.32 Å². The first-order valence-electron chi connectivity index (χ1n) is 4.79. The molecule has 82 valence electrons. The number of Topliss-reactive ketones (excluding diaryl/α,β-unsaturated/α-hetero) is 1. The Morgan fingerprint density at radius 3 is 2.73 bits per heavy atom. The maximum absolute atomic E-state index is 13.2. The SMILES string of the molecule is CCNC(C)C(=O)c1cc(F)ccc1F. The van der Waals surface area contributed by atoms with Crippen molar-refractivity contribution in [3.63, 3.8) is 0 Å². The number of carbonyl (C=O) groups excluding carboxylic acids is 1. The van der Waals surface area contributed by atoms with Gasteiger partial charge in [0.05, 0.1) is 11.6 Å². The van der Waals surface area contributed by atoms with Gasteiger partial charge in [0.25, 0.3) is 0 Å². The second-order valence-corrected chi connectivity index (χ2v) is 3.27. The summed E-state index contributed by atoms with van der Waals surface area (Å²) in [5, 5.41) is 2.85. The van der Waals surface area contributed by atoms with Crippen molar-refractivity contribution in [3.8, 4) is 0 Å². The van der Waals surface area contributed by atoms with Crippen molar-refractivity contribution in [1.29, 1.82) is 0 Å². The van der Waals surface area contributed by atoms with E-state index in [1.54, 1.807) is 6.92 Å². The predicted octanol–water partition coefficient (Wildman–Crippen LogP) is 2.15. The number of hydrogen-bond acceptors (Lipinski definition) is 2. The summed E-state index contributed by atoms with van der Waals surface area (Å²) in [7, 11) is 0. The minimum Gasteiger partial charge on any atom is -0.308 e. The van der Waals surface area contributed by atoms with Crippen LogP contribution < -0.4 is 5.32 Å². The molecule has 15 heavy (non-hydrogen) atoms. The molecule has 0 amide bonds. The van der Waals surface area contributed by atoms with Crippen molar-refractivity contribution in [2.24, 2.45) is 0 Å². The Morgan fingerprint density at radius 1 is 1.47 bits per heavy atom. The van der Waals surface area contributed by atoms with Gasteiger partial charge in [-0.05, 0) is 31.7 Å². The van der Waals surface area contributed by atoms with Crippen molar-refractivity contribution in [1.82, 2.24) is 5.32 Å². The molecule has 1 aromatic carbocycles. The third-order valence-corrected chi connectivity index (χ3v) is 2.10. The van der Waals surface area contributed by atoms with Crippen LogP contribution in [0.4, 0.5) is 8.78 Å². The van der Waals surface area contributed by atoms with Crippen LogP contribution in [-0.4, -0.2) is 18.4 Å². The van der Waals surface area contributed by atoms with Gasteiger partial charge in [-0.2, -0.15) is 0 Å². The Labute approximate surface area is 87.3 Å². The average molecular weight is 213 g/mol. The second-order valence-electron chi connectivity index (χ2n) is 3.27. The summed E-state index contributed by atoms with van der Waals surface area (Å²) in [6.45, 7) is 4.06. The van der Waals surface area contributed by atoms with E-state index < -0.39 is 23.5 Å². The number of rotatable bonds is 4. The van der Waals surface area contributed by atoms with E-state index in [4.69, 9.17) is 0 Å². The molecule has 0 aliphatic rings. The summed E-state index contributed by atoms with van der Waals surface area (Å²) in [4.78, 5) is 11.6. The quantitative estimate of drug-likeness (QED) is 0.776. The van der Waals surface area contributed by atoms with E-state index in [1.807, 2.05) is 6.92 Å². The van der Waals surface area contributed by atoms with Crippen LogP contribution in [0.15, 0.2) is 18.2 Å². The average Bonchev–Trinajstić information content (AvgIpc) is 2.21. The van der Waals surface area contributed by atoms with Crippen molar-refractivity contribution < 1.29 is 13.6 Å². The Kier molecular flexibility index (Phi) is 3.91. The van der Waals surface area contributed by atoms with E-state index in [0.29, 0.717) is 6.54 Å². The molecule has 1 atom stereocenters. The summed E-state index contributed by atoms with van der Waals surface area (Å²) < 4.78 is 26.0. The second kappa shape index (κ2) is 4.98. The van der Waals surface area contributed by atoms with Crippen LogP contribution in [0.5, 0.6) is 0 Å². The molecule has 1 rings (SSSR count). The molecule has 1 N–H and O–H groups in total. The highest BCUT2D eigenvalue weighted by Crippen LogP contribution is 2.11. The maximum atomic E-state index is 13.2. The van der Waals surface area contributed by atoms with Gasteiger partial charge in [0.2, 0.25) is 0 Å². The predicted molar refractivity (Wildman–Crippen MR) is 53.8 cm³/mol. The number of carbonyl (C=O) groups is 1. The zero-order valence-electron chi connectivity index (χ0n) is 8.68. The first kappa shape index (κ1) is 11.8. The smallest absolute Gasteiger partial charge is 0.182 e. The number of likely N-dealkylation sites (N-methyl/N-ethyl adjacent to an activating group) is 1. The van der Waals surface area contributed by atoms with Crippen LogP contribution in [0.3, 0.4) is 0 Å². The lowest BCUT2D eigenvalue weighted by Gasteiger charge is -2.11. The van der Waals surface area contributed by atoms with E-state index in [-0.39, 0.29) is 5.56 Å². The molecule has 0 radical (unpaired) electrons. The largest absolute Gasteiger partial charge is 0.308 e. The molecule has 0 saturated heterocycles. The number of ketones is 1. The zero-order valence-corrected chi connectivity index (χ0v) is 8.68. The zero-order chi connectivity index (χ0) is 11.4. The maximum Gasteiger partial charge on any atom is 0.182 e. The van der Waals surface area contributed by atoms with E-state index in [0.717, 1.165) is 18.2 Å². The van der Waals surface area contributed by atoms with Crippen LogP contribution in [0.25, 0.3) is 0 Å². The molecule has 0 saturated carbocycles. The molecule has 1 unspecified atom stereocenters. The summed E-state index contributed by atoms with van der Waals surface area (Å²) in [5.74, 6) is -1.73. The fraction of sp³-hybridized carbons (Fsp3) is 0.364. The summed E-state index contributed by atoms with van der Waals surface area (Å²) in [6.07, 6.45) is 0. The van der Waals surface area contributed by atoms with Crippen LogP contribution >= 0.6 is 0 Å². The molecular formula is C11H13F2NO. The highest BCUT2D eigenvalue weighted by molar-refractivity contribution is 6.00. The lowest BCUT2D eigenvalue weighted by molar-refractivity contribution is 0.0947. The minimum atomic E-state index is -0.689. The molecule has 0 aliphatic heterocycles. The fourth-order valence-electron chi connectivity index (χ4n) is 1.32. The molecule has 0 aromatic heterocycles. The standard InChI is InChI=1S/C11H13F2NO/c1-3-14-7(2)11(15)9-6-8(12)4-5-10(9)13/h4-7,14H,3H2,1-2H3. The van der Waals surface area contributed by atoms with E-state index in [9.17, 15) is 13.6 Å². The van der Waals surface area contributed by atoms with Gasteiger partial charge in [0.1, 0.15) is 11.6 Å². The molecule has 0 aliphatic carbocycles. The topological polar surface area (TPSA) is 29.1 Å². The fourth-order valence-corrected chi connectivity index (χ4v) is 1.32. The van der Waals surface area contributed by atoms with Gasteiger partial charge >= 0.3 is 0 Å². The highest BCUT2D eigenvalue weighted by atomic mass is 19.1. The van der Waals surface area contributed by atoms with Gasteiger partial charge in [-0.25, -0.2) is 8.78 Å². The van der Waals surface area contributed by atoms with Crippen LogP contribution in [0.2, 0.25) is 0 Å². The third kappa shape index (κ3) is 2.83. The summed E-state index contributed by atoms with van der Waals surface area (Å²) in [5.41, 5.74) is -0.205. The first-order chi connectivity index (χ1) is 7.06. The molecular weight excluding hydrogens is 200 g/mol. The first-order valence-corrected chi connectivity index (χ1v) is 4.79. The summed E-state index contributed by atoms with van der Waals surface area (Å²) in [6, 6.07) is 2.36. The van der Waals surface area contributed by atoms with E-state index in [1.165, 1.54) is 0 Å². The highest BCUT2D eigenvalue weighted by Gasteiger charge is 2.18. The molecule has 0 fully saturated rings. The van der Waals surface area contributed by atoms with Gasteiger partial charge in [-0.1, -0.05) is 6.92 Å². The number of benzene rings is 1. The number of halogens is 2. The lowest BCUT2D eigenvalue weighted by atomic mass is 10.0. The number of nitrogens with one attached hydrogen (secondary N) is 1. The monoisotopic (exact) mass is 213 g/mol. The van der Waals surface area contributed by atoms with Crippen molar-refractivity contribution >= 4 is 5.78 Å². The summed E-state index contributed by atoms with van der Waals surface area (Å²) >= 11 is 0. The molecule has 0 spiro atoms. The van der Waals surface area contributed by atoms with E-state index >= 15 is 0 Å². The lowest BCUT2D eigenvalue weighted by Crippen LogP contribution is -2.34. The Bertz CT molecular complexity index is 366. The Balaban J connectivity index is 2.95. The van der Waals surface area contributed by atoms with Crippen molar-refractivity contribution in [3.05, 3.63) is 35.4 Å². The minimum absolute atomic E-state index is 0.205. The van der Waals surface area contributed by atoms with Gasteiger partial charge in [0, 0.05) is 0 Å². The number of hydrogen-bond donors (Lipinski definition) is 1. The van der Waals surface area contributed by atoms with Gasteiger partial charge in [0.15, 0.2) is 5.78 Å². The Morgan fingerprint density at radius 2 is 2.13 bits per heavy atom. The third-order valence-electron chi connectivity index (χ3n) is 2.10. The molecule has 1 aromatic rings. The van der Waals surface area contributed by atoms with Crippen LogP contribution in [0.1, 0.15) is 24.2 Å². The van der Waals surface area contributed by atoms with Gasteiger partial charge in [-0.3, -0.25) is 4.79 Å². The van der Waals surface area contributed by atoms with Gasteiger partial charge in [-0.15, -0.1) is 0 Å². The van der Waals surface area contributed by atoms with Crippen molar-refractivity contribution in [2.75, 3.05) is 6.54 Å². The molecule has 2 nitrogen and oxygen atoms in total. The molecule has 0 heterocycles. The van der Waals surface area contributed by atoms with Gasteiger partial charge < -0.3 is 5.32 Å².